The van der Waals surface area contributed by atoms with Crippen LogP contribution in [0.2, 0.25) is 0 Å². The van der Waals surface area contributed by atoms with Crippen LogP contribution in [0.4, 0.5) is 10.2 Å². The van der Waals surface area contributed by atoms with E-state index in [1.807, 2.05) is 48.7 Å². The molecule has 1 saturated heterocycles. The fraction of sp³-hybridized carbons (Fsp3) is 0.192. The monoisotopic (exact) mass is 425 g/mol. The second kappa shape index (κ2) is 8.85. The Balaban J connectivity index is 1.58. The summed E-state index contributed by atoms with van der Waals surface area (Å²) in [6, 6.07) is 20.6. The molecule has 32 heavy (non-hydrogen) atoms. The van der Waals surface area contributed by atoms with Crippen molar-refractivity contribution in [3.05, 3.63) is 84.9 Å². The zero-order chi connectivity index (χ0) is 21.9. The Hall–Kier alpha value is -3.64. The molecule has 1 aliphatic rings. The fourth-order valence-corrected chi connectivity index (χ4v) is 3.88. The van der Waals surface area contributed by atoms with E-state index in [9.17, 15) is 4.39 Å². The van der Waals surface area contributed by atoms with Crippen molar-refractivity contribution in [1.29, 1.82) is 0 Å². The lowest BCUT2D eigenvalue weighted by molar-refractivity contribution is 0.312. The minimum atomic E-state index is -0.252. The van der Waals surface area contributed by atoms with Gasteiger partial charge in [0, 0.05) is 61.3 Å². The number of pyridine rings is 1. The molecule has 0 bridgehead atoms. The van der Waals surface area contributed by atoms with Crippen LogP contribution in [0.3, 0.4) is 0 Å². The molecule has 3 heterocycles. The molecule has 0 N–H and O–H groups in total. The number of likely N-dealkylation sites (N-methyl/N-ethyl adjacent to an activating group) is 1. The number of hydrogen-bond acceptors (Lipinski definition) is 5. The third-order valence-electron chi connectivity index (χ3n) is 5.78. The molecule has 0 atom stereocenters. The van der Waals surface area contributed by atoms with Gasteiger partial charge in [0.1, 0.15) is 11.6 Å². The van der Waals surface area contributed by atoms with Crippen LogP contribution < -0.4 is 4.90 Å². The first kappa shape index (κ1) is 20.3. The molecule has 6 heteroatoms. The standard InChI is InChI=1S/C26H24FN5/c1-31-11-13-32(14-12-31)25-16-24(29-26(30-25)20-5-3-2-4-6-20)22-15-21(17-28-18-22)19-7-9-23(27)10-8-19/h2-10,15-18H,11-14H2,1H3. The quantitative estimate of drug-likeness (QED) is 0.472. The van der Waals surface area contributed by atoms with Gasteiger partial charge in [-0.2, -0.15) is 0 Å². The van der Waals surface area contributed by atoms with Gasteiger partial charge in [-0.15, -0.1) is 0 Å². The highest BCUT2D eigenvalue weighted by atomic mass is 19.1. The first-order valence-electron chi connectivity index (χ1n) is 10.7. The smallest absolute Gasteiger partial charge is 0.162 e. The van der Waals surface area contributed by atoms with Crippen LogP contribution in [0.5, 0.6) is 0 Å². The molecule has 0 amide bonds. The molecular formula is C26H24FN5. The molecule has 1 fully saturated rings. The minimum Gasteiger partial charge on any atom is -0.354 e. The summed E-state index contributed by atoms with van der Waals surface area (Å²) in [5, 5.41) is 0. The molecule has 4 aromatic rings. The van der Waals surface area contributed by atoms with Crippen molar-refractivity contribution in [2.45, 2.75) is 0 Å². The van der Waals surface area contributed by atoms with Gasteiger partial charge >= 0.3 is 0 Å². The highest BCUT2D eigenvalue weighted by Crippen LogP contribution is 2.29. The highest BCUT2D eigenvalue weighted by molar-refractivity contribution is 5.73. The summed E-state index contributed by atoms with van der Waals surface area (Å²) < 4.78 is 13.4. The molecule has 0 saturated carbocycles. The number of hydrogen-bond donors (Lipinski definition) is 0. The van der Waals surface area contributed by atoms with Crippen molar-refractivity contribution in [1.82, 2.24) is 19.9 Å². The second-order valence-corrected chi connectivity index (χ2v) is 8.06. The van der Waals surface area contributed by atoms with Gasteiger partial charge in [-0.05, 0) is 30.8 Å². The van der Waals surface area contributed by atoms with E-state index >= 15 is 0 Å². The summed E-state index contributed by atoms with van der Waals surface area (Å²) in [4.78, 5) is 18.9. The van der Waals surface area contributed by atoms with Crippen LogP contribution in [-0.2, 0) is 0 Å². The van der Waals surface area contributed by atoms with Crippen LogP contribution in [0.25, 0.3) is 33.8 Å². The van der Waals surface area contributed by atoms with E-state index in [2.05, 4.69) is 21.8 Å². The van der Waals surface area contributed by atoms with Crippen LogP contribution in [-0.4, -0.2) is 53.1 Å². The number of aromatic nitrogens is 3. The van der Waals surface area contributed by atoms with E-state index in [1.165, 1.54) is 12.1 Å². The maximum Gasteiger partial charge on any atom is 0.162 e. The predicted octanol–water partition coefficient (Wildman–Crippen LogP) is 4.76. The number of rotatable bonds is 4. The Kier molecular flexibility index (Phi) is 5.60. The number of nitrogens with zero attached hydrogens (tertiary/aromatic N) is 5. The van der Waals surface area contributed by atoms with Crippen molar-refractivity contribution in [3.63, 3.8) is 0 Å². The van der Waals surface area contributed by atoms with Crippen LogP contribution in [0.1, 0.15) is 0 Å². The largest absolute Gasteiger partial charge is 0.354 e. The van der Waals surface area contributed by atoms with E-state index in [-0.39, 0.29) is 5.82 Å². The third-order valence-corrected chi connectivity index (χ3v) is 5.78. The van der Waals surface area contributed by atoms with Gasteiger partial charge in [0.05, 0.1) is 5.69 Å². The normalized spacial score (nSPS) is 14.5. The molecule has 5 rings (SSSR count). The lowest BCUT2D eigenvalue weighted by Gasteiger charge is -2.33. The molecule has 160 valence electrons. The Labute approximate surface area is 187 Å². The summed E-state index contributed by atoms with van der Waals surface area (Å²) in [6.07, 6.45) is 3.61. The zero-order valence-electron chi connectivity index (χ0n) is 17.9. The van der Waals surface area contributed by atoms with Gasteiger partial charge in [-0.25, -0.2) is 14.4 Å². The van der Waals surface area contributed by atoms with E-state index in [4.69, 9.17) is 9.97 Å². The van der Waals surface area contributed by atoms with Gasteiger partial charge in [0.15, 0.2) is 5.82 Å². The van der Waals surface area contributed by atoms with E-state index < -0.39 is 0 Å². The zero-order valence-corrected chi connectivity index (χ0v) is 17.9. The third kappa shape index (κ3) is 4.36. The summed E-state index contributed by atoms with van der Waals surface area (Å²) in [6.45, 7) is 3.85. The van der Waals surface area contributed by atoms with Crippen molar-refractivity contribution in [2.24, 2.45) is 0 Å². The van der Waals surface area contributed by atoms with Crippen LogP contribution in [0, 0.1) is 5.82 Å². The molecule has 0 unspecified atom stereocenters. The molecule has 5 nitrogen and oxygen atoms in total. The van der Waals surface area contributed by atoms with E-state index in [0.29, 0.717) is 5.82 Å². The molecule has 1 aliphatic heterocycles. The molecule has 2 aromatic heterocycles. The number of benzene rings is 2. The second-order valence-electron chi connectivity index (χ2n) is 8.06. The van der Waals surface area contributed by atoms with Crippen LogP contribution in [0.15, 0.2) is 79.1 Å². The van der Waals surface area contributed by atoms with Gasteiger partial charge in [0.25, 0.3) is 0 Å². The van der Waals surface area contributed by atoms with Crippen molar-refractivity contribution < 1.29 is 4.39 Å². The maximum atomic E-state index is 13.4. The summed E-state index contributed by atoms with van der Waals surface area (Å²) in [5.41, 5.74) is 4.54. The first-order valence-corrected chi connectivity index (χ1v) is 10.7. The van der Waals surface area contributed by atoms with Gasteiger partial charge < -0.3 is 9.80 Å². The fourth-order valence-electron chi connectivity index (χ4n) is 3.88. The van der Waals surface area contributed by atoms with Crippen molar-refractivity contribution in [2.75, 3.05) is 38.1 Å². The lowest BCUT2D eigenvalue weighted by Crippen LogP contribution is -2.44. The van der Waals surface area contributed by atoms with E-state index in [0.717, 1.165) is 59.9 Å². The molecule has 0 aliphatic carbocycles. The Bertz CT molecular complexity index is 1200. The predicted molar refractivity (Wildman–Crippen MR) is 126 cm³/mol. The van der Waals surface area contributed by atoms with Crippen molar-refractivity contribution in [3.8, 4) is 33.8 Å². The highest BCUT2D eigenvalue weighted by Gasteiger charge is 2.18. The molecule has 2 aromatic carbocycles. The number of piperazine rings is 1. The number of anilines is 1. The van der Waals surface area contributed by atoms with Gasteiger partial charge in [-0.1, -0.05) is 42.5 Å². The average Bonchev–Trinajstić information content (AvgIpc) is 2.85. The Morgan fingerprint density at radius 1 is 0.719 bits per heavy atom. The SMILES string of the molecule is CN1CCN(c2cc(-c3cncc(-c4ccc(F)cc4)c3)nc(-c3ccccc3)n2)CC1. The maximum absolute atomic E-state index is 13.4. The van der Waals surface area contributed by atoms with Gasteiger partial charge in [-0.3, -0.25) is 4.98 Å². The van der Waals surface area contributed by atoms with Crippen molar-refractivity contribution >= 4 is 5.82 Å². The lowest BCUT2D eigenvalue weighted by atomic mass is 10.0. The molecule has 0 radical (unpaired) electrons. The van der Waals surface area contributed by atoms with Gasteiger partial charge in [0.2, 0.25) is 0 Å². The van der Waals surface area contributed by atoms with E-state index in [1.54, 1.807) is 18.3 Å². The average molecular weight is 426 g/mol. The van der Waals surface area contributed by atoms with Crippen LogP contribution >= 0.6 is 0 Å². The molecule has 0 spiro atoms. The summed E-state index contributed by atoms with van der Waals surface area (Å²) in [7, 11) is 2.14. The first-order chi connectivity index (χ1) is 15.7. The molecular weight excluding hydrogens is 401 g/mol. The minimum absolute atomic E-state index is 0.252. The number of halogens is 1. The summed E-state index contributed by atoms with van der Waals surface area (Å²) in [5.74, 6) is 1.37. The topological polar surface area (TPSA) is 45.2 Å². The Morgan fingerprint density at radius 2 is 1.44 bits per heavy atom. The Morgan fingerprint density at radius 3 is 2.19 bits per heavy atom. The summed E-state index contributed by atoms with van der Waals surface area (Å²) >= 11 is 0.